The summed E-state index contributed by atoms with van der Waals surface area (Å²) in [5.41, 5.74) is 0. The Hall–Kier alpha value is -1.16. The monoisotopic (exact) mass is 303 g/mol. The predicted molar refractivity (Wildman–Crippen MR) is 72.3 cm³/mol. The fourth-order valence-corrected chi connectivity index (χ4v) is 1.80. The average Bonchev–Trinajstić information content (AvgIpc) is 2.36. The van der Waals surface area contributed by atoms with Crippen molar-refractivity contribution in [2.24, 2.45) is 0 Å². The lowest BCUT2D eigenvalue weighted by Gasteiger charge is -2.08. The van der Waals surface area contributed by atoms with Gasteiger partial charge in [0.05, 0.1) is 12.1 Å². The van der Waals surface area contributed by atoms with Crippen LogP contribution in [0.5, 0.6) is 17.4 Å². The minimum atomic E-state index is 0.138. The summed E-state index contributed by atoms with van der Waals surface area (Å²) in [5, 5.41) is 0.700. The number of hydrogen-bond donors (Lipinski definition) is 0. The number of ether oxygens (including phenoxy) is 2. The maximum absolute atomic E-state index is 5.96. The second kappa shape index (κ2) is 5.65. The number of aromatic nitrogens is 1. The summed E-state index contributed by atoms with van der Waals surface area (Å²) < 4.78 is 10.6. The Morgan fingerprint density at radius 2 is 1.72 bits per heavy atom. The third-order valence-electron chi connectivity index (χ3n) is 2.11. The van der Waals surface area contributed by atoms with Crippen LogP contribution in [0.3, 0.4) is 0 Å². The van der Waals surface area contributed by atoms with Crippen molar-refractivity contribution in [3.63, 3.8) is 0 Å². The first-order valence-corrected chi connectivity index (χ1v) is 6.07. The molecule has 2 rings (SSSR count). The van der Waals surface area contributed by atoms with E-state index in [1.807, 2.05) is 0 Å². The highest BCUT2D eigenvalue weighted by molar-refractivity contribution is 6.42. The van der Waals surface area contributed by atoms with Crippen LogP contribution in [0.2, 0.25) is 15.2 Å². The zero-order chi connectivity index (χ0) is 13.1. The Bertz CT molecular complexity index is 575. The van der Waals surface area contributed by atoms with E-state index in [4.69, 9.17) is 44.3 Å². The van der Waals surface area contributed by atoms with Gasteiger partial charge in [-0.2, -0.15) is 4.98 Å². The van der Waals surface area contributed by atoms with Crippen LogP contribution in [0.1, 0.15) is 0 Å². The average molecular weight is 305 g/mol. The number of nitrogens with zero attached hydrogens (tertiary/aromatic N) is 1. The Morgan fingerprint density at radius 3 is 2.44 bits per heavy atom. The van der Waals surface area contributed by atoms with Gasteiger partial charge in [-0.25, -0.2) is 0 Å². The maximum atomic E-state index is 5.96. The largest absolute Gasteiger partial charge is 0.497 e. The van der Waals surface area contributed by atoms with Crippen molar-refractivity contribution in [3.05, 3.63) is 45.5 Å². The number of pyridine rings is 1. The zero-order valence-electron chi connectivity index (χ0n) is 9.28. The Labute approximate surface area is 119 Å². The van der Waals surface area contributed by atoms with Gasteiger partial charge in [-0.15, -0.1) is 0 Å². The molecular formula is C12H8Cl3NO2. The molecule has 0 amide bonds. The van der Waals surface area contributed by atoms with Gasteiger partial charge in [0.1, 0.15) is 16.5 Å². The van der Waals surface area contributed by atoms with Crippen molar-refractivity contribution in [2.75, 3.05) is 7.11 Å². The van der Waals surface area contributed by atoms with Gasteiger partial charge in [-0.1, -0.05) is 40.9 Å². The van der Waals surface area contributed by atoms with Crippen molar-refractivity contribution < 1.29 is 9.47 Å². The third-order valence-corrected chi connectivity index (χ3v) is 3.05. The Balaban J connectivity index is 2.30. The van der Waals surface area contributed by atoms with Crippen molar-refractivity contribution in [3.8, 4) is 17.4 Å². The van der Waals surface area contributed by atoms with Crippen molar-refractivity contribution >= 4 is 34.8 Å². The molecule has 2 aromatic rings. The molecule has 0 aliphatic heterocycles. The molecule has 0 aliphatic carbocycles. The summed E-state index contributed by atoms with van der Waals surface area (Å²) >= 11 is 17.5. The Morgan fingerprint density at radius 1 is 1.00 bits per heavy atom. The van der Waals surface area contributed by atoms with Crippen molar-refractivity contribution in [1.82, 2.24) is 4.98 Å². The predicted octanol–water partition coefficient (Wildman–Crippen LogP) is 4.84. The molecule has 0 aliphatic rings. The molecule has 3 nitrogen and oxygen atoms in total. The van der Waals surface area contributed by atoms with E-state index < -0.39 is 0 Å². The summed E-state index contributed by atoms with van der Waals surface area (Å²) in [5.74, 6) is 1.41. The van der Waals surface area contributed by atoms with Gasteiger partial charge in [0.15, 0.2) is 5.15 Å². The van der Waals surface area contributed by atoms with E-state index >= 15 is 0 Å². The van der Waals surface area contributed by atoms with Crippen LogP contribution in [0.15, 0.2) is 30.3 Å². The summed E-state index contributed by atoms with van der Waals surface area (Å²) in [6.45, 7) is 0. The lowest BCUT2D eigenvalue weighted by molar-refractivity contribution is 0.407. The number of benzene rings is 1. The third kappa shape index (κ3) is 2.99. The maximum Gasteiger partial charge on any atom is 0.239 e. The summed E-state index contributed by atoms with van der Waals surface area (Å²) in [6, 6.07) is 8.54. The standard InChI is InChI=1S/C12H8Cl3NO2/c1-17-7-3-2-4-8(5-7)18-12-10(14)6-9(13)11(15)16-12/h2-6H,1H3. The molecule has 18 heavy (non-hydrogen) atoms. The molecule has 1 heterocycles. The van der Waals surface area contributed by atoms with Crippen LogP contribution in [-0.4, -0.2) is 12.1 Å². The number of rotatable bonds is 3. The zero-order valence-corrected chi connectivity index (χ0v) is 11.6. The quantitative estimate of drug-likeness (QED) is 0.760. The van der Waals surface area contributed by atoms with Gasteiger partial charge in [-0.05, 0) is 18.2 Å². The fraction of sp³-hybridized carbons (Fsp3) is 0.0833. The van der Waals surface area contributed by atoms with Crippen molar-refractivity contribution in [2.45, 2.75) is 0 Å². The Kier molecular flexibility index (Phi) is 4.17. The minimum Gasteiger partial charge on any atom is -0.497 e. The van der Waals surface area contributed by atoms with E-state index in [1.165, 1.54) is 6.07 Å². The molecule has 94 valence electrons. The van der Waals surface area contributed by atoms with E-state index in [9.17, 15) is 0 Å². The highest BCUT2D eigenvalue weighted by atomic mass is 35.5. The summed E-state index contributed by atoms with van der Waals surface area (Å²) in [4.78, 5) is 3.96. The second-order valence-electron chi connectivity index (χ2n) is 3.33. The number of methoxy groups -OCH3 is 1. The highest BCUT2D eigenvalue weighted by Gasteiger charge is 2.10. The van der Waals surface area contributed by atoms with Gasteiger partial charge in [0, 0.05) is 6.07 Å². The van der Waals surface area contributed by atoms with Gasteiger partial charge in [0.2, 0.25) is 5.88 Å². The van der Waals surface area contributed by atoms with Crippen LogP contribution in [-0.2, 0) is 0 Å². The van der Waals surface area contributed by atoms with Crippen LogP contribution in [0.4, 0.5) is 0 Å². The van der Waals surface area contributed by atoms with E-state index in [2.05, 4.69) is 4.98 Å². The topological polar surface area (TPSA) is 31.4 Å². The molecule has 0 bridgehead atoms. The lowest BCUT2D eigenvalue weighted by Crippen LogP contribution is -1.91. The molecule has 0 atom stereocenters. The first kappa shape index (κ1) is 13.3. The summed E-state index contributed by atoms with van der Waals surface area (Å²) in [7, 11) is 1.57. The molecule has 0 N–H and O–H groups in total. The molecule has 0 unspecified atom stereocenters. The molecule has 1 aromatic carbocycles. The van der Waals surface area contributed by atoms with E-state index in [0.29, 0.717) is 11.5 Å². The van der Waals surface area contributed by atoms with Crippen LogP contribution in [0.25, 0.3) is 0 Å². The highest BCUT2D eigenvalue weighted by Crippen LogP contribution is 2.33. The van der Waals surface area contributed by atoms with Crippen LogP contribution < -0.4 is 9.47 Å². The molecule has 6 heteroatoms. The minimum absolute atomic E-state index is 0.138. The second-order valence-corrected chi connectivity index (χ2v) is 4.50. The smallest absolute Gasteiger partial charge is 0.239 e. The molecule has 0 saturated carbocycles. The van der Waals surface area contributed by atoms with Gasteiger partial charge < -0.3 is 9.47 Å². The molecule has 0 fully saturated rings. The number of halogens is 3. The van der Waals surface area contributed by atoms with Gasteiger partial charge in [-0.3, -0.25) is 0 Å². The van der Waals surface area contributed by atoms with E-state index in [0.717, 1.165) is 0 Å². The van der Waals surface area contributed by atoms with Gasteiger partial charge in [0.25, 0.3) is 0 Å². The normalized spacial score (nSPS) is 10.2. The van der Waals surface area contributed by atoms with E-state index in [1.54, 1.807) is 31.4 Å². The molecule has 1 aromatic heterocycles. The fourth-order valence-electron chi connectivity index (χ4n) is 1.28. The molecular weight excluding hydrogens is 296 g/mol. The molecule has 0 saturated heterocycles. The van der Waals surface area contributed by atoms with Crippen LogP contribution in [0, 0.1) is 0 Å². The summed E-state index contributed by atoms with van der Waals surface area (Å²) in [6.07, 6.45) is 0. The first-order chi connectivity index (χ1) is 8.60. The first-order valence-electron chi connectivity index (χ1n) is 4.93. The molecule has 0 spiro atoms. The SMILES string of the molecule is COc1cccc(Oc2nc(Cl)c(Cl)cc2Cl)c1. The van der Waals surface area contributed by atoms with Crippen molar-refractivity contribution in [1.29, 1.82) is 0 Å². The van der Waals surface area contributed by atoms with Crippen LogP contribution >= 0.6 is 34.8 Å². The van der Waals surface area contributed by atoms with E-state index in [-0.39, 0.29) is 21.1 Å². The lowest BCUT2D eigenvalue weighted by atomic mass is 10.3. The van der Waals surface area contributed by atoms with Gasteiger partial charge >= 0.3 is 0 Å². The molecule has 0 radical (unpaired) electrons. The number of hydrogen-bond acceptors (Lipinski definition) is 3.